The number of nitrogens with one attached hydrogen (secondary N) is 1. The van der Waals surface area contributed by atoms with Gasteiger partial charge < -0.3 is 14.6 Å². The number of ether oxygens (including phenoxy) is 1. The van der Waals surface area contributed by atoms with Gasteiger partial charge in [-0.2, -0.15) is 0 Å². The van der Waals surface area contributed by atoms with E-state index >= 15 is 0 Å². The van der Waals surface area contributed by atoms with Gasteiger partial charge in [0.1, 0.15) is 10.8 Å². The number of hydrogen-bond donors (Lipinski definition) is 1. The summed E-state index contributed by atoms with van der Waals surface area (Å²) in [6, 6.07) is 10.5. The Bertz CT molecular complexity index is 1200. The fraction of sp³-hybridized carbons (Fsp3) is 0.440. The molecule has 1 N–H and O–H groups in total. The van der Waals surface area contributed by atoms with E-state index in [1.807, 2.05) is 6.07 Å². The first-order valence-electron chi connectivity index (χ1n) is 11.8. The van der Waals surface area contributed by atoms with Crippen molar-refractivity contribution in [3.63, 3.8) is 0 Å². The molecule has 9 heteroatoms. The van der Waals surface area contributed by atoms with E-state index in [1.165, 1.54) is 33.5 Å². The monoisotopic (exact) mass is 496 g/mol. The van der Waals surface area contributed by atoms with Gasteiger partial charge in [-0.15, -0.1) is 21.5 Å². The standard InChI is InChI=1S/C25H28N4O3S2/c1-3-29-22(18-13-17(18)15-9-6-5-7-10-15)27-28-25(29)33-14-20(30)26-23-21(24(31)32-4-2)16-11-8-12-19(16)34-23/h5-7,9-10,17-18H,3-4,8,11-14H2,1-2H3,(H,26,30). The van der Waals surface area contributed by atoms with E-state index in [1.54, 1.807) is 6.92 Å². The summed E-state index contributed by atoms with van der Waals surface area (Å²) in [5.74, 6) is 1.56. The molecule has 2 aliphatic rings. The number of hydrogen-bond acceptors (Lipinski definition) is 7. The highest BCUT2D eigenvalue weighted by molar-refractivity contribution is 7.99. The van der Waals surface area contributed by atoms with Crippen molar-refractivity contribution < 1.29 is 14.3 Å². The topological polar surface area (TPSA) is 86.1 Å². The summed E-state index contributed by atoms with van der Waals surface area (Å²) in [5.41, 5.74) is 2.92. The smallest absolute Gasteiger partial charge is 0.341 e. The molecule has 34 heavy (non-hydrogen) atoms. The number of fused-ring (bicyclic) bond motifs is 1. The highest BCUT2D eigenvalue weighted by Crippen LogP contribution is 2.54. The van der Waals surface area contributed by atoms with Crippen LogP contribution in [0.4, 0.5) is 5.00 Å². The maximum atomic E-state index is 12.8. The minimum atomic E-state index is -0.349. The first kappa shape index (κ1) is 23.1. The second kappa shape index (κ2) is 9.92. The molecule has 2 heterocycles. The first-order chi connectivity index (χ1) is 16.6. The number of carbonyl (C=O) groups is 2. The lowest BCUT2D eigenvalue weighted by Gasteiger charge is -2.09. The van der Waals surface area contributed by atoms with Gasteiger partial charge in [-0.25, -0.2) is 4.79 Å². The number of anilines is 1. The highest BCUT2D eigenvalue weighted by atomic mass is 32.2. The van der Waals surface area contributed by atoms with Crippen molar-refractivity contribution in [2.24, 2.45) is 0 Å². The van der Waals surface area contributed by atoms with Crippen molar-refractivity contribution in [3.8, 4) is 0 Å². The Hall–Kier alpha value is -2.65. The summed E-state index contributed by atoms with van der Waals surface area (Å²) in [7, 11) is 0. The summed E-state index contributed by atoms with van der Waals surface area (Å²) in [4.78, 5) is 26.5. The van der Waals surface area contributed by atoms with Crippen molar-refractivity contribution in [1.82, 2.24) is 14.8 Å². The minimum Gasteiger partial charge on any atom is -0.462 e. The number of amides is 1. The van der Waals surface area contributed by atoms with Crippen LogP contribution in [0, 0.1) is 0 Å². The van der Waals surface area contributed by atoms with Crippen molar-refractivity contribution in [2.45, 2.75) is 63.1 Å². The van der Waals surface area contributed by atoms with Crippen molar-refractivity contribution in [1.29, 1.82) is 0 Å². The minimum absolute atomic E-state index is 0.156. The van der Waals surface area contributed by atoms with E-state index in [9.17, 15) is 9.59 Å². The Balaban J connectivity index is 1.24. The van der Waals surface area contributed by atoms with Crippen molar-refractivity contribution >= 4 is 40.0 Å². The Morgan fingerprint density at radius 1 is 1.18 bits per heavy atom. The molecule has 2 atom stereocenters. The predicted molar refractivity (Wildman–Crippen MR) is 134 cm³/mol. The fourth-order valence-corrected chi connectivity index (χ4v) is 6.83. The number of rotatable bonds is 9. The summed E-state index contributed by atoms with van der Waals surface area (Å²) in [6.07, 6.45) is 3.93. The van der Waals surface area contributed by atoms with Crippen LogP contribution in [0.3, 0.4) is 0 Å². The van der Waals surface area contributed by atoms with E-state index in [4.69, 9.17) is 4.74 Å². The maximum absolute atomic E-state index is 12.8. The average molecular weight is 497 g/mol. The van der Waals surface area contributed by atoms with E-state index in [2.05, 4.69) is 51.3 Å². The maximum Gasteiger partial charge on any atom is 0.341 e. The molecular formula is C25H28N4O3S2. The lowest BCUT2D eigenvalue weighted by atomic mass is 10.1. The van der Waals surface area contributed by atoms with Gasteiger partial charge >= 0.3 is 5.97 Å². The molecule has 1 saturated carbocycles. The molecule has 1 amide bonds. The van der Waals surface area contributed by atoms with E-state index in [0.717, 1.165) is 48.8 Å². The van der Waals surface area contributed by atoms with Crippen LogP contribution in [0.2, 0.25) is 0 Å². The summed E-state index contributed by atoms with van der Waals surface area (Å²) in [6.45, 7) is 4.94. The Labute approximate surface area is 207 Å². The molecule has 3 aromatic rings. The van der Waals surface area contributed by atoms with Gasteiger partial charge in [-0.05, 0) is 56.6 Å². The number of thioether (sulfide) groups is 1. The van der Waals surface area contributed by atoms with Crippen molar-refractivity contribution in [3.05, 3.63) is 57.7 Å². The molecule has 2 aliphatic carbocycles. The van der Waals surface area contributed by atoms with Gasteiger partial charge in [0.05, 0.1) is 17.9 Å². The second-order valence-electron chi connectivity index (χ2n) is 8.56. The zero-order valence-electron chi connectivity index (χ0n) is 19.4. The molecule has 1 fully saturated rings. The number of carbonyl (C=O) groups excluding carboxylic acids is 2. The fourth-order valence-electron chi connectivity index (χ4n) is 4.73. The SMILES string of the molecule is CCOC(=O)c1c(NC(=O)CSc2nnc(C3CC3c3ccccc3)n2CC)sc2c1CCC2. The van der Waals surface area contributed by atoms with Gasteiger partial charge in [0, 0.05) is 17.3 Å². The predicted octanol–water partition coefficient (Wildman–Crippen LogP) is 5.03. The third-order valence-corrected chi connectivity index (χ3v) is 8.57. The molecule has 2 aromatic heterocycles. The first-order valence-corrected chi connectivity index (χ1v) is 13.6. The van der Waals surface area contributed by atoms with Gasteiger partial charge in [-0.1, -0.05) is 42.1 Å². The van der Waals surface area contributed by atoms with Crippen LogP contribution in [-0.4, -0.2) is 39.0 Å². The summed E-state index contributed by atoms with van der Waals surface area (Å²) < 4.78 is 7.37. The van der Waals surface area contributed by atoms with E-state index < -0.39 is 0 Å². The molecule has 5 rings (SSSR count). The molecule has 0 saturated heterocycles. The average Bonchev–Trinajstić information content (AvgIpc) is 3.14. The van der Waals surface area contributed by atoms with E-state index in [0.29, 0.717) is 29.0 Å². The highest BCUT2D eigenvalue weighted by Gasteiger charge is 2.43. The molecule has 178 valence electrons. The lowest BCUT2D eigenvalue weighted by Crippen LogP contribution is -2.17. The molecule has 7 nitrogen and oxygen atoms in total. The molecule has 1 aromatic carbocycles. The van der Waals surface area contributed by atoms with Crippen LogP contribution in [0.1, 0.15) is 70.7 Å². The van der Waals surface area contributed by atoms with Crippen LogP contribution in [0.5, 0.6) is 0 Å². The van der Waals surface area contributed by atoms with Crippen molar-refractivity contribution in [2.75, 3.05) is 17.7 Å². The van der Waals surface area contributed by atoms with Crippen LogP contribution >= 0.6 is 23.1 Å². The van der Waals surface area contributed by atoms with Gasteiger partial charge in [-0.3, -0.25) is 4.79 Å². The van der Waals surface area contributed by atoms with Gasteiger partial charge in [0.25, 0.3) is 0 Å². The largest absolute Gasteiger partial charge is 0.462 e. The Kier molecular flexibility index (Phi) is 6.74. The van der Waals surface area contributed by atoms with Crippen LogP contribution in [-0.2, 0) is 28.9 Å². The Morgan fingerprint density at radius 2 is 2.00 bits per heavy atom. The molecule has 0 aliphatic heterocycles. The number of benzene rings is 1. The summed E-state index contributed by atoms with van der Waals surface area (Å²) in [5, 5.41) is 13.2. The normalized spacial score (nSPS) is 18.5. The third kappa shape index (κ3) is 4.51. The van der Waals surface area contributed by atoms with Gasteiger partial charge in [0.2, 0.25) is 5.91 Å². The van der Waals surface area contributed by atoms with Gasteiger partial charge in [0.15, 0.2) is 5.16 Å². The van der Waals surface area contributed by atoms with E-state index in [-0.39, 0.29) is 17.6 Å². The van der Waals surface area contributed by atoms with Crippen LogP contribution in [0.25, 0.3) is 0 Å². The molecule has 0 radical (unpaired) electrons. The Morgan fingerprint density at radius 3 is 2.76 bits per heavy atom. The molecule has 2 unspecified atom stereocenters. The molecule has 0 bridgehead atoms. The number of aromatic nitrogens is 3. The number of esters is 1. The lowest BCUT2D eigenvalue weighted by molar-refractivity contribution is -0.113. The molecule has 0 spiro atoms. The van der Waals surface area contributed by atoms with Crippen LogP contribution < -0.4 is 5.32 Å². The molecular weight excluding hydrogens is 468 g/mol. The quantitative estimate of drug-likeness (QED) is 0.330. The third-order valence-electron chi connectivity index (χ3n) is 6.40. The number of aryl methyl sites for hydroxylation is 1. The number of thiophene rings is 1. The second-order valence-corrected chi connectivity index (χ2v) is 10.6. The van der Waals surface area contributed by atoms with Crippen LogP contribution in [0.15, 0.2) is 35.5 Å². The number of nitrogens with zero attached hydrogens (tertiary/aromatic N) is 3. The summed E-state index contributed by atoms with van der Waals surface area (Å²) >= 11 is 2.88. The zero-order valence-corrected chi connectivity index (χ0v) is 21.0. The zero-order chi connectivity index (χ0) is 23.7.